The van der Waals surface area contributed by atoms with Crippen LogP contribution in [0.15, 0.2) is 9.59 Å². The summed E-state index contributed by atoms with van der Waals surface area (Å²) in [5.41, 5.74) is 1.28. The molecule has 2 aromatic heterocycles. The van der Waals surface area contributed by atoms with Crippen LogP contribution in [0.4, 0.5) is 5.95 Å². The van der Waals surface area contributed by atoms with E-state index in [2.05, 4.69) is 22.3 Å². The molecule has 126 valence electrons. The molecule has 0 radical (unpaired) electrons. The fourth-order valence-electron chi connectivity index (χ4n) is 2.21. The van der Waals surface area contributed by atoms with Crippen molar-refractivity contribution in [2.24, 2.45) is 12.9 Å². The smallest absolute Gasteiger partial charge is 0.329 e. The molecule has 2 rings (SSSR count). The van der Waals surface area contributed by atoms with Gasteiger partial charge in [0, 0.05) is 7.05 Å². The van der Waals surface area contributed by atoms with Crippen LogP contribution in [0.1, 0.15) is 26.2 Å². The topological polar surface area (TPSA) is 137 Å². The number of nitrogens with two attached hydrogens (primary N) is 1. The van der Waals surface area contributed by atoms with E-state index in [0.29, 0.717) is 6.61 Å². The highest BCUT2D eigenvalue weighted by molar-refractivity contribution is 5.78. The van der Waals surface area contributed by atoms with Crippen molar-refractivity contribution in [1.29, 1.82) is 0 Å². The Labute approximate surface area is 131 Å². The maximum atomic E-state index is 12.0. The van der Waals surface area contributed by atoms with E-state index < -0.39 is 17.2 Å². The molecular weight excluding hydrogens is 304 g/mol. The van der Waals surface area contributed by atoms with E-state index in [-0.39, 0.29) is 23.7 Å². The minimum Gasteiger partial charge on any atom is -0.464 e. The Kier molecular flexibility index (Phi) is 5.16. The van der Waals surface area contributed by atoms with Gasteiger partial charge in [0.1, 0.15) is 6.54 Å². The number of imidazole rings is 1. The van der Waals surface area contributed by atoms with Gasteiger partial charge in [-0.1, -0.05) is 19.8 Å². The zero-order chi connectivity index (χ0) is 17.0. The number of aryl methyl sites for hydroxylation is 1. The average molecular weight is 324 g/mol. The molecule has 0 amide bonds. The molecular formula is C13H20N6O4. The number of esters is 1. The number of ether oxygens (including phenoxy) is 1. The fourth-order valence-corrected chi connectivity index (χ4v) is 2.21. The van der Waals surface area contributed by atoms with E-state index in [1.54, 1.807) is 0 Å². The molecule has 23 heavy (non-hydrogen) atoms. The third kappa shape index (κ3) is 3.42. The summed E-state index contributed by atoms with van der Waals surface area (Å²) in [7, 11) is 1.46. The number of hydrogen-bond acceptors (Lipinski definition) is 7. The molecule has 10 heteroatoms. The van der Waals surface area contributed by atoms with Gasteiger partial charge in [-0.15, -0.1) is 0 Å². The number of carbonyl (C=O) groups excluding carboxylic acids is 1. The van der Waals surface area contributed by atoms with Crippen LogP contribution in [0.2, 0.25) is 0 Å². The van der Waals surface area contributed by atoms with Crippen LogP contribution >= 0.6 is 0 Å². The molecule has 0 aliphatic carbocycles. The zero-order valence-electron chi connectivity index (χ0n) is 13.1. The summed E-state index contributed by atoms with van der Waals surface area (Å²) >= 11 is 0. The van der Waals surface area contributed by atoms with Crippen molar-refractivity contribution in [2.75, 3.05) is 12.0 Å². The first kappa shape index (κ1) is 16.7. The number of H-pyrrole nitrogens is 1. The third-order valence-corrected chi connectivity index (χ3v) is 3.43. The summed E-state index contributed by atoms with van der Waals surface area (Å²) < 4.78 is 7.58. The van der Waals surface area contributed by atoms with Crippen molar-refractivity contribution in [3.63, 3.8) is 0 Å². The van der Waals surface area contributed by atoms with E-state index in [0.717, 1.165) is 19.3 Å². The van der Waals surface area contributed by atoms with Crippen LogP contribution in [0.3, 0.4) is 0 Å². The Balaban J connectivity index is 2.33. The first-order chi connectivity index (χ1) is 11.0. The lowest BCUT2D eigenvalue weighted by atomic mass is 10.3. The fraction of sp³-hybridized carbons (Fsp3) is 0.538. The molecule has 0 unspecified atom stereocenters. The molecule has 0 aliphatic heterocycles. The van der Waals surface area contributed by atoms with Crippen LogP contribution in [0, 0.1) is 0 Å². The summed E-state index contributed by atoms with van der Waals surface area (Å²) in [5, 5.41) is 0. The predicted molar refractivity (Wildman–Crippen MR) is 83.9 cm³/mol. The van der Waals surface area contributed by atoms with Gasteiger partial charge < -0.3 is 4.74 Å². The van der Waals surface area contributed by atoms with Crippen molar-refractivity contribution >= 4 is 23.1 Å². The largest absolute Gasteiger partial charge is 0.464 e. The summed E-state index contributed by atoms with van der Waals surface area (Å²) in [6, 6.07) is 0. The number of carbonyl (C=O) groups is 1. The zero-order valence-corrected chi connectivity index (χ0v) is 13.1. The molecule has 0 aliphatic rings. The third-order valence-electron chi connectivity index (χ3n) is 3.43. The van der Waals surface area contributed by atoms with Crippen molar-refractivity contribution in [3.05, 3.63) is 20.8 Å². The van der Waals surface area contributed by atoms with Gasteiger partial charge in [-0.3, -0.25) is 29.1 Å². The summed E-state index contributed by atoms with van der Waals surface area (Å²) in [5.74, 6) is 4.97. The Morgan fingerprint density at radius 3 is 2.78 bits per heavy atom. The van der Waals surface area contributed by atoms with Crippen LogP contribution in [0.5, 0.6) is 0 Å². The molecule has 0 bridgehead atoms. The van der Waals surface area contributed by atoms with Crippen molar-refractivity contribution in [1.82, 2.24) is 19.1 Å². The number of fused-ring (bicyclic) bond motifs is 1. The summed E-state index contributed by atoms with van der Waals surface area (Å²) in [4.78, 5) is 41.8. The Bertz CT molecular complexity index is 818. The molecule has 2 aromatic rings. The second-order valence-electron chi connectivity index (χ2n) is 5.08. The second-order valence-corrected chi connectivity index (χ2v) is 5.08. The van der Waals surface area contributed by atoms with E-state index in [9.17, 15) is 14.4 Å². The van der Waals surface area contributed by atoms with Gasteiger partial charge in [0.2, 0.25) is 5.95 Å². The number of hydrazine groups is 1. The number of aromatic amines is 1. The Morgan fingerprint density at radius 2 is 2.13 bits per heavy atom. The number of nitrogen functional groups attached to an aromatic ring is 1. The SMILES string of the molecule is CCCCCOC(=O)Cn1c(NN)nc2c1c(=O)[nH]c(=O)n2C. The summed E-state index contributed by atoms with van der Waals surface area (Å²) in [6.07, 6.45) is 2.77. The second kappa shape index (κ2) is 7.09. The van der Waals surface area contributed by atoms with Crippen molar-refractivity contribution in [3.8, 4) is 0 Å². The number of hydrogen-bond donors (Lipinski definition) is 3. The Hall–Kier alpha value is -2.62. The highest BCUT2D eigenvalue weighted by Gasteiger charge is 2.19. The summed E-state index contributed by atoms with van der Waals surface area (Å²) in [6.45, 7) is 2.14. The van der Waals surface area contributed by atoms with Gasteiger partial charge in [0.05, 0.1) is 6.61 Å². The molecule has 0 saturated heterocycles. The molecule has 0 aromatic carbocycles. The quantitative estimate of drug-likeness (QED) is 0.269. The van der Waals surface area contributed by atoms with Crippen LogP contribution in [0.25, 0.3) is 11.2 Å². The number of aromatic nitrogens is 4. The number of nitrogens with zero attached hydrogens (tertiary/aromatic N) is 3. The molecule has 0 atom stereocenters. The highest BCUT2D eigenvalue weighted by Crippen LogP contribution is 2.14. The number of anilines is 1. The monoisotopic (exact) mass is 324 g/mol. The number of nitrogens with one attached hydrogen (secondary N) is 2. The Morgan fingerprint density at radius 1 is 1.39 bits per heavy atom. The minimum atomic E-state index is -0.643. The maximum absolute atomic E-state index is 12.0. The van der Waals surface area contributed by atoms with Gasteiger partial charge in [-0.2, -0.15) is 4.98 Å². The number of unbranched alkanes of at least 4 members (excludes halogenated alkanes) is 2. The normalized spacial score (nSPS) is 10.9. The molecule has 2 heterocycles. The molecule has 4 N–H and O–H groups in total. The maximum Gasteiger partial charge on any atom is 0.329 e. The molecule has 0 spiro atoms. The van der Waals surface area contributed by atoms with Gasteiger partial charge >= 0.3 is 11.7 Å². The van der Waals surface area contributed by atoms with E-state index >= 15 is 0 Å². The van der Waals surface area contributed by atoms with Crippen LogP contribution < -0.4 is 22.5 Å². The van der Waals surface area contributed by atoms with Crippen LogP contribution in [-0.4, -0.2) is 31.7 Å². The van der Waals surface area contributed by atoms with E-state index in [4.69, 9.17) is 10.6 Å². The van der Waals surface area contributed by atoms with Gasteiger partial charge in [0.25, 0.3) is 5.56 Å². The first-order valence-electron chi connectivity index (χ1n) is 7.31. The van der Waals surface area contributed by atoms with E-state index in [1.165, 1.54) is 16.2 Å². The van der Waals surface area contributed by atoms with Crippen LogP contribution in [-0.2, 0) is 23.1 Å². The standard InChI is InChI=1S/C13H20N6O4/c1-3-4-5-6-23-8(20)7-19-9-10(15-12(19)17-14)18(2)13(22)16-11(9)21/h3-7,14H2,1-2H3,(H,15,17)(H,16,21,22). The lowest BCUT2D eigenvalue weighted by molar-refractivity contribution is -0.144. The lowest BCUT2D eigenvalue weighted by Crippen LogP contribution is -2.30. The molecule has 0 saturated carbocycles. The average Bonchev–Trinajstić information content (AvgIpc) is 2.88. The molecule has 0 fully saturated rings. The first-order valence-corrected chi connectivity index (χ1v) is 7.31. The lowest BCUT2D eigenvalue weighted by Gasteiger charge is -2.08. The van der Waals surface area contributed by atoms with Crippen molar-refractivity contribution < 1.29 is 9.53 Å². The molecule has 10 nitrogen and oxygen atoms in total. The number of rotatable bonds is 7. The van der Waals surface area contributed by atoms with Gasteiger partial charge in [-0.25, -0.2) is 10.6 Å². The van der Waals surface area contributed by atoms with Gasteiger partial charge in [-0.05, 0) is 6.42 Å². The predicted octanol–water partition coefficient (Wildman–Crippen LogP) is -0.558. The van der Waals surface area contributed by atoms with Crippen molar-refractivity contribution in [2.45, 2.75) is 32.7 Å². The van der Waals surface area contributed by atoms with Gasteiger partial charge in [0.15, 0.2) is 11.2 Å². The highest BCUT2D eigenvalue weighted by atomic mass is 16.5. The minimum absolute atomic E-state index is 0.0746. The van der Waals surface area contributed by atoms with E-state index in [1.807, 2.05) is 0 Å².